The number of nitrogens with one attached hydrogen (secondary N) is 2. The molecule has 0 bridgehead atoms. The highest BCUT2D eigenvalue weighted by atomic mass is 127. The lowest BCUT2D eigenvalue weighted by Gasteiger charge is -2.22. The van der Waals surface area contributed by atoms with Crippen molar-refractivity contribution in [2.75, 3.05) is 31.3 Å². The van der Waals surface area contributed by atoms with Crippen LogP contribution in [0.5, 0.6) is 0 Å². The first kappa shape index (κ1) is 26.4. The number of aryl methyl sites for hydroxylation is 1. The maximum Gasteiger partial charge on any atom is 0.191 e. The molecule has 0 amide bonds. The molecule has 0 unspecified atom stereocenters. The van der Waals surface area contributed by atoms with Gasteiger partial charge >= 0.3 is 0 Å². The molecule has 0 atom stereocenters. The normalized spacial score (nSPS) is 15.0. The minimum absolute atomic E-state index is 0. The first-order chi connectivity index (χ1) is 14.9. The molecular weight excluding hydrogens is 537 g/mol. The summed E-state index contributed by atoms with van der Waals surface area (Å²) in [5.41, 5.74) is 2.91. The van der Waals surface area contributed by atoms with Gasteiger partial charge in [0.2, 0.25) is 0 Å². The van der Waals surface area contributed by atoms with Gasteiger partial charge < -0.3 is 15.5 Å². The first-order valence-electron chi connectivity index (χ1n) is 10.8. The van der Waals surface area contributed by atoms with Gasteiger partial charge in [0.1, 0.15) is 5.82 Å². The zero-order valence-electron chi connectivity index (χ0n) is 19.1. The molecule has 1 aliphatic rings. The van der Waals surface area contributed by atoms with Gasteiger partial charge in [-0.3, -0.25) is 4.99 Å². The molecule has 3 rings (SSSR count). The first-order valence-corrected chi connectivity index (χ1v) is 12.7. The quantitative estimate of drug-likeness (QED) is 0.313. The molecule has 2 heterocycles. The standard InChI is InChI=1S/C23H33N5O2S.HI/c1-18-14-19(8-9-21(18)31(3,29)30)16-26-23(24-2)27-17-20-10-11-25-22(15-20)28-12-6-4-5-7-13-28;/h8-11,14-15H,4-7,12-13,16-17H2,1-3H3,(H2,24,26,27);1H. The number of benzene rings is 1. The van der Waals surface area contributed by atoms with Gasteiger partial charge in [-0.1, -0.05) is 25.0 Å². The zero-order valence-corrected chi connectivity index (χ0v) is 22.2. The monoisotopic (exact) mass is 571 g/mol. The molecule has 32 heavy (non-hydrogen) atoms. The lowest BCUT2D eigenvalue weighted by Crippen LogP contribution is -2.36. The lowest BCUT2D eigenvalue weighted by molar-refractivity contribution is 0.601. The number of rotatable bonds is 6. The van der Waals surface area contributed by atoms with Crippen molar-refractivity contribution >= 4 is 45.6 Å². The molecule has 0 saturated carbocycles. The number of hydrogen-bond donors (Lipinski definition) is 2. The molecule has 176 valence electrons. The van der Waals surface area contributed by atoms with Gasteiger partial charge in [0.25, 0.3) is 0 Å². The van der Waals surface area contributed by atoms with Crippen molar-refractivity contribution < 1.29 is 8.42 Å². The summed E-state index contributed by atoms with van der Waals surface area (Å²) in [6, 6.07) is 9.57. The molecule has 1 aromatic heterocycles. The smallest absolute Gasteiger partial charge is 0.191 e. The van der Waals surface area contributed by atoms with E-state index >= 15 is 0 Å². The van der Waals surface area contributed by atoms with Gasteiger partial charge in [-0.15, -0.1) is 24.0 Å². The molecule has 1 fully saturated rings. The lowest BCUT2D eigenvalue weighted by atomic mass is 10.1. The Hall–Kier alpha value is -1.88. The highest BCUT2D eigenvalue weighted by Crippen LogP contribution is 2.18. The molecule has 0 spiro atoms. The highest BCUT2D eigenvalue weighted by Gasteiger charge is 2.12. The number of anilines is 1. The van der Waals surface area contributed by atoms with E-state index in [-0.39, 0.29) is 24.0 Å². The van der Waals surface area contributed by atoms with Crippen LogP contribution in [-0.2, 0) is 22.9 Å². The molecule has 0 radical (unpaired) electrons. The maximum absolute atomic E-state index is 11.8. The molecule has 1 aromatic carbocycles. The molecule has 2 aromatic rings. The second kappa shape index (κ2) is 12.4. The van der Waals surface area contributed by atoms with Crippen LogP contribution in [0.2, 0.25) is 0 Å². The summed E-state index contributed by atoms with van der Waals surface area (Å²) in [5.74, 6) is 1.74. The molecule has 1 saturated heterocycles. The van der Waals surface area contributed by atoms with Crippen molar-refractivity contribution in [1.29, 1.82) is 0 Å². The molecule has 7 nitrogen and oxygen atoms in total. The van der Waals surface area contributed by atoms with E-state index in [2.05, 4.69) is 31.6 Å². The van der Waals surface area contributed by atoms with Crippen LogP contribution in [0.3, 0.4) is 0 Å². The van der Waals surface area contributed by atoms with Crippen molar-refractivity contribution in [3.05, 3.63) is 53.2 Å². The summed E-state index contributed by atoms with van der Waals surface area (Å²) in [7, 11) is -1.47. The predicted octanol–water partition coefficient (Wildman–Crippen LogP) is 3.66. The molecule has 0 aliphatic carbocycles. The highest BCUT2D eigenvalue weighted by molar-refractivity contribution is 14.0. The van der Waals surface area contributed by atoms with E-state index in [1.807, 2.05) is 31.3 Å². The fourth-order valence-corrected chi connectivity index (χ4v) is 4.83. The van der Waals surface area contributed by atoms with Crippen LogP contribution in [0.15, 0.2) is 46.4 Å². The zero-order chi connectivity index (χ0) is 22.3. The molecule has 2 N–H and O–H groups in total. The Morgan fingerprint density at radius 3 is 2.22 bits per heavy atom. The van der Waals surface area contributed by atoms with Crippen molar-refractivity contribution in [3.63, 3.8) is 0 Å². The van der Waals surface area contributed by atoms with E-state index < -0.39 is 9.84 Å². The average molecular weight is 572 g/mol. The molecule has 1 aliphatic heterocycles. The van der Waals surface area contributed by atoms with Gasteiger partial charge in [-0.2, -0.15) is 0 Å². The van der Waals surface area contributed by atoms with Gasteiger partial charge in [0.15, 0.2) is 15.8 Å². The van der Waals surface area contributed by atoms with Crippen molar-refractivity contribution in [2.45, 2.75) is 50.6 Å². The Morgan fingerprint density at radius 1 is 1.03 bits per heavy atom. The minimum atomic E-state index is -3.20. The van der Waals surface area contributed by atoms with Crippen LogP contribution in [-0.4, -0.2) is 45.8 Å². The Morgan fingerprint density at radius 2 is 1.66 bits per heavy atom. The second-order valence-corrected chi connectivity index (χ2v) is 10.1. The van der Waals surface area contributed by atoms with Gasteiger partial charge in [0.05, 0.1) is 4.90 Å². The van der Waals surface area contributed by atoms with Crippen LogP contribution in [0.4, 0.5) is 5.82 Å². The van der Waals surface area contributed by atoms with E-state index in [0.29, 0.717) is 23.9 Å². The summed E-state index contributed by atoms with van der Waals surface area (Å²) in [6.45, 7) is 5.17. The Balaban J connectivity index is 0.00000363. The van der Waals surface area contributed by atoms with Crippen LogP contribution in [0, 0.1) is 6.92 Å². The predicted molar refractivity (Wildman–Crippen MR) is 142 cm³/mol. The number of sulfone groups is 1. The fourth-order valence-electron chi connectivity index (χ4n) is 3.87. The molecular formula is C23H34IN5O2S. The number of guanidine groups is 1. The van der Waals surface area contributed by atoms with Crippen molar-refractivity contribution in [2.24, 2.45) is 4.99 Å². The van der Waals surface area contributed by atoms with Crippen molar-refractivity contribution in [1.82, 2.24) is 15.6 Å². The summed E-state index contributed by atoms with van der Waals surface area (Å²) in [4.78, 5) is 11.6. The van der Waals surface area contributed by atoms with Crippen molar-refractivity contribution in [3.8, 4) is 0 Å². The second-order valence-electron chi connectivity index (χ2n) is 8.07. The third kappa shape index (κ3) is 7.61. The SMILES string of the molecule is CN=C(NCc1ccnc(N2CCCCCC2)c1)NCc1ccc(S(C)(=O)=O)c(C)c1.I. The average Bonchev–Trinajstić information content (AvgIpc) is 3.03. The number of hydrogen-bond acceptors (Lipinski definition) is 5. The van der Waals surface area contributed by atoms with E-state index in [1.165, 1.54) is 31.9 Å². The summed E-state index contributed by atoms with van der Waals surface area (Å²) < 4.78 is 23.6. The van der Waals surface area contributed by atoms with E-state index in [4.69, 9.17) is 0 Å². The summed E-state index contributed by atoms with van der Waals surface area (Å²) >= 11 is 0. The van der Waals surface area contributed by atoms with Gasteiger partial charge in [-0.25, -0.2) is 13.4 Å². The maximum atomic E-state index is 11.8. The Bertz CT molecular complexity index is 1020. The topological polar surface area (TPSA) is 86.7 Å². The van der Waals surface area contributed by atoms with E-state index in [9.17, 15) is 8.42 Å². The minimum Gasteiger partial charge on any atom is -0.357 e. The molecule has 9 heteroatoms. The number of pyridine rings is 1. The van der Waals surface area contributed by atoms with Crippen LogP contribution >= 0.6 is 24.0 Å². The van der Waals surface area contributed by atoms with Gasteiger partial charge in [0, 0.05) is 45.7 Å². The fraction of sp³-hybridized carbons (Fsp3) is 0.478. The number of aromatic nitrogens is 1. The Kier molecular flexibility index (Phi) is 10.2. The summed E-state index contributed by atoms with van der Waals surface area (Å²) in [6.07, 6.45) is 8.17. The summed E-state index contributed by atoms with van der Waals surface area (Å²) in [5, 5.41) is 6.64. The largest absolute Gasteiger partial charge is 0.357 e. The number of nitrogens with zero attached hydrogens (tertiary/aromatic N) is 3. The van der Waals surface area contributed by atoms with E-state index in [1.54, 1.807) is 13.1 Å². The van der Waals surface area contributed by atoms with Crippen LogP contribution < -0.4 is 15.5 Å². The Labute approximate surface area is 209 Å². The van der Waals surface area contributed by atoms with Crippen LogP contribution in [0.1, 0.15) is 42.4 Å². The third-order valence-corrected chi connectivity index (χ3v) is 6.78. The number of aliphatic imine (C=N–C) groups is 1. The van der Waals surface area contributed by atoms with Gasteiger partial charge in [-0.05, 0) is 54.7 Å². The van der Waals surface area contributed by atoms with E-state index in [0.717, 1.165) is 35.6 Å². The van der Waals surface area contributed by atoms with Crippen LogP contribution in [0.25, 0.3) is 0 Å². The third-order valence-electron chi connectivity index (χ3n) is 5.52. The number of halogens is 1.